The minimum atomic E-state index is -0.490. The molecule has 0 radical (unpaired) electrons. The first-order valence-electron chi connectivity index (χ1n) is 7.68. The van der Waals surface area contributed by atoms with Gasteiger partial charge in [0.2, 0.25) is 5.91 Å². The molecule has 2 heterocycles. The van der Waals surface area contributed by atoms with Gasteiger partial charge in [-0.15, -0.1) is 0 Å². The fraction of sp³-hybridized carbons (Fsp3) is 0.533. The van der Waals surface area contributed by atoms with Crippen molar-refractivity contribution in [2.75, 3.05) is 32.7 Å². The van der Waals surface area contributed by atoms with E-state index in [1.807, 2.05) is 4.90 Å². The third-order valence-corrected chi connectivity index (χ3v) is 3.83. The third kappa shape index (κ3) is 4.32. The summed E-state index contributed by atoms with van der Waals surface area (Å²) in [6.07, 6.45) is 1.47. The molecule has 0 saturated carbocycles. The Balaban J connectivity index is 1.82. The summed E-state index contributed by atoms with van der Waals surface area (Å²) in [5, 5.41) is 4.83. The highest BCUT2D eigenvalue weighted by molar-refractivity contribution is 5.96. The molecule has 1 aliphatic rings. The van der Waals surface area contributed by atoms with Crippen molar-refractivity contribution in [2.45, 2.75) is 19.9 Å². The monoisotopic (exact) mass is 322 g/mol. The number of furan rings is 1. The van der Waals surface area contributed by atoms with Crippen molar-refractivity contribution in [3.05, 3.63) is 24.2 Å². The predicted molar refractivity (Wildman–Crippen MR) is 82.9 cm³/mol. The van der Waals surface area contributed by atoms with Crippen LogP contribution in [-0.2, 0) is 4.79 Å². The lowest BCUT2D eigenvalue weighted by atomic mass is 10.2. The molecule has 1 unspecified atom stereocenters. The van der Waals surface area contributed by atoms with Crippen LogP contribution < -0.4 is 10.6 Å². The molecule has 0 aliphatic carbocycles. The first-order chi connectivity index (χ1) is 11.0. The van der Waals surface area contributed by atoms with Crippen LogP contribution in [0.25, 0.3) is 0 Å². The van der Waals surface area contributed by atoms with Crippen LogP contribution in [0.15, 0.2) is 22.8 Å². The minimum Gasteiger partial charge on any atom is -0.459 e. The summed E-state index contributed by atoms with van der Waals surface area (Å²) in [5.41, 5.74) is 0. The van der Waals surface area contributed by atoms with E-state index in [1.54, 1.807) is 30.9 Å². The fourth-order valence-corrected chi connectivity index (χ4v) is 2.46. The number of nitrogens with zero attached hydrogens (tertiary/aromatic N) is 2. The number of nitrogens with one attached hydrogen (secondary N) is 2. The summed E-state index contributed by atoms with van der Waals surface area (Å²) in [4.78, 5) is 39.2. The maximum atomic E-state index is 12.2. The number of imide groups is 1. The number of carbonyl (C=O) groups excluding carboxylic acids is 3. The van der Waals surface area contributed by atoms with Gasteiger partial charge in [-0.1, -0.05) is 0 Å². The molecule has 1 fully saturated rings. The highest BCUT2D eigenvalue weighted by atomic mass is 16.3. The van der Waals surface area contributed by atoms with Crippen molar-refractivity contribution in [3.63, 3.8) is 0 Å². The number of urea groups is 1. The van der Waals surface area contributed by atoms with Gasteiger partial charge < -0.3 is 14.6 Å². The Morgan fingerprint density at radius 3 is 2.52 bits per heavy atom. The average Bonchev–Trinajstić information content (AvgIpc) is 3.08. The molecule has 8 heteroatoms. The molecule has 126 valence electrons. The van der Waals surface area contributed by atoms with E-state index in [0.717, 1.165) is 0 Å². The smallest absolute Gasteiger partial charge is 0.321 e. The van der Waals surface area contributed by atoms with E-state index >= 15 is 0 Å². The van der Waals surface area contributed by atoms with Crippen LogP contribution in [0.5, 0.6) is 0 Å². The molecule has 1 aromatic rings. The third-order valence-electron chi connectivity index (χ3n) is 3.83. The van der Waals surface area contributed by atoms with E-state index < -0.39 is 12.1 Å². The summed E-state index contributed by atoms with van der Waals surface area (Å²) < 4.78 is 5.11. The highest BCUT2D eigenvalue weighted by Crippen LogP contribution is 2.11. The summed E-state index contributed by atoms with van der Waals surface area (Å²) in [7, 11) is 0. The van der Waals surface area contributed by atoms with E-state index in [4.69, 9.17) is 4.42 Å². The molecule has 0 bridgehead atoms. The lowest BCUT2D eigenvalue weighted by Gasteiger charge is -2.36. The van der Waals surface area contributed by atoms with E-state index in [1.165, 1.54) is 6.26 Å². The Labute approximate surface area is 134 Å². The maximum absolute atomic E-state index is 12.2. The Hall–Kier alpha value is -2.35. The molecule has 0 aromatic carbocycles. The van der Waals surface area contributed by atoms with Gasteiger partial charge >= 0.3 is 6.03 Å². The lowest BCUT2D eigenvalue weighted by Crippen LogP contribution is -2.56. The van der Waals surface area contributed by atoms with Crippen LogP contribution in [0.4, 0.5) is 4.79 Å². The zero-order valence-corrected chi connectivity index (χ0v) is 13.4. The number of rotatable bonds is 4. The molecular formula is C15H22N4O4. The standard InChI is InChI=1S/C15H22N4O4/c1-3-16-15(22)17-13(20)11(2)18-6-8-19(9-7-18)14(21)12-5-4-10-23-12/h4-5,10-11H,3,6-9H2,1-2H3,(H2,16,17,20,22). The minimum absolute atomic E-state index is 0.144. The Morgan fingerprint density at radius 2 is 1.96 bits per heavy atom. The van der Waals surface area contributed by atoms with Crippen molar-refractivity contribution < 1.29 is 18.8 Å². The zero-order valence-electron chi connectivity index (χ0n) is 13.4. The van der Waals surface area contributed by atoms with Crippen molar-refractivity contribution in [1.82, 2.24) is 20.4 Å². The van der Waals surface area contributed by atoms with E-state index in [-0.39, 0.29) is 11.8 Å². The van der Waals surface area contributed by atoms with Gasteiger partial charge in [-0.2, -0.15) is 0 Å². The molecule has 0 spiro atoms. The number of hydrogen-bond donors (Lipinski definition) is 2. The molecule has 1 atom stereocenters. The molecule has 2 rings (SSSR count). The van der Waals surface area contributed by atoms with Gasteiger partial charge in [0, 0.05) is 32.7 Å². The topological polar surface area (TPSA) is 94.9 Å². The summed E-state index contributed by atoms with van der Waals surface area (Å²) in [5.74, 6) is -0.170. The first-order valence-corrected chi connectivity index (χ1v) is 7.68. The Kier molecular flexibility index (Phi) is 5.75. The quantitative estimate of drug-likeness (QED) is 0.830. The summed E-state index contributed by atoms with van der Waals surface area (Å²) in [6.45, 7) is 6.14. The molecule has 2 N–H and O–H groups in total. The van der Waals surface area contributed by atoms with E-state index in [0.29, 0.717) is 38.5 Å². The van der Waals surface area contributed by atoms with E-state index in [9.17, 15) is 14.4 Å². The van der Waals surface area contributed by atoms with Crippen molar-refractivity contribution >= 4 is 17.8 Å². The normalized spacial score (nSPS) is 16.7. The average molecular weight is 322 g/mol. The molecule has 1 aromatic heterocycles. The summed E-state index contributed by atoms with van der Waals surface area (Å²) >= 11 is 0. The van der Waals surface area contributed by atoms with E-state index in [2.05, 4.69) is 10.6 Å². The predicted octanol–water partition coefficient (Wildman–Crippen LogP) is 0.272. The fourth-order valence-electron chi connectivity index (χ4n) is 2.46. The number of carbonyl (C=O) groups is 3. The first kappa shape index (κ1) is 17.0. The Morgan fingerprint density at radius 1 is 1.26 bits per heavy atom. The van der Waals surface area contributed by atoms with Gasteiger partial charge in [-0.05, 0) is 26.0 Å². The van der Waals surface area contributed by atoms with Gasteiger partial charge in [0.1, 0.15) is 0 Å². The SMILES string of the molecule is CCNC(=O)NC(=O)C(C)N1CCN(C(=O)c2ccco2)CC1. The van der Waals surface area contributed by atoms with Crippen molar-refractivity contribution in [3.8, 4) is 0 Å². The second-order valence-electron chi connectivity index (χ2n) is 5.33. The molecule has 23 heavy (non-hydrogen) atoms. The van der Waals surface area contributed by atoms with Crippen LogP contribution in [-0.4, -0.2) is 66.4 Å². The zero-order chi connectivity index (χ0) is 16.8. The van der Waals surface area contributed by atoms with Gasteiger partial charge in [-0.25, -0.2) is 4.79 Å². The van der Waals surface area contributed by atoms with Gasteiger partial charge in [0.15, 0.2) is 5.76 Å². The second kappa shape index (κ2) is 7.77. The largest absolute Gasteiger partial charge is 0.459 e. The number of hydrogen-bond acceptors (Lipinski definition) is 5. The van der Waals surface area contributed by atoms with Gasteiger partial charge in [0.05, 0.1) is 12.3 Å². The second-order valence-corrected chi connectivity index (χ2v) is 5.33. The van der Waals surface area contributed by atoms with Crippen LogP contribution in [0.2, 0.25) is 0 Å². The van der Waals surface area contributed by atoms with Gasteiger partial charge in [0.25, 0.3) is 5.91 Å². The molecule has 8 nitrogen and oxygen atoms in total. The Bertz CT molecular complexity index is 550. The van der Waals surface area contributed by atoms with Crippen molar-refractivity contribution in [2.24, 2.45) is 0 Å². The summed E-state index contributed by atoms with van der Waals surface area (Å²) in [6, 6.07) is 2.39. The van der Waals surface area contributed by atoms with Gasteiger partial charge in [-0.3, -0.25) is 19.8 Å². The molecular weight excluding hydrogens is 300 g/mol. The van der Waals surface area contributed by atoms with Crippen molar-refractivity contribution in [1.29, 1.82) is 0 Å². The number of amides is 4. The highest BCUT2D eigenvalue weighted by Gasteiger charge is 2.29. The molecule has 4 amide bonds. The molecule has 1 saturated heterocycles. The van der Waals surface area contributed by atoms with Crippen LogP contribution in [0, 0.1) is 0 Å². The maximum Gasteiger partial charge on any atom is 0.321 e. The number of piperazine rings is 1. The van der Waals surface area contributed by atoms with Crippen LogP contribution in [0.3, 0.4) is 0 Å². The van der Waals surface area contributed by atoms with Crippen LogP contribution >= 0.6 is 0 Å². The lowest BCUT2D eigenvalue weighted by molar-refractivity contribution is -0.125. The van der Waals surface area contributed by atoms with Crippen LogP contribution in [0.1, 0.15) is 24.4 Å². The molecule has 1 aliphatic heterocycles.